The molecule has 0 N–H and O–H groups in total. The lowest BCUT2D eigenvalue weighted by atomic mass is 9.69. The maximum absolute atomic E-state index is 6.01. The molecule has 3 fully saturated rings. The van der Waals surface area contributed by atoms with E-state index in [1.807, 2.05) is 0 Å². The first-order valence-electron chi connectivity index (χ1n) is 6.55. The van der Waals surface area contributed by atoms with Crippen molar-refractivity contribution in [3.05, 3.63) is 0 Å². The van der Waals surface area contributed by atoms with E-state index in [0.717, 1.165) is 23.3 Å². The van der Waals surface area contributed by atoms with Crippen molar-refractivity contribution in [3.63, 3.8) is 0 Å². The highest BCUT2D eigenvalue weighted by atomic mass is 79.9. The predicted molar refractivity (Wildman–Crippen MR) is 65.3 cm³/mol. The molecule has 2 heteroatoms. The van der Waals surface area contributed by atoms with Gasteiger partial charge in [-0.25, -0.2) is 0 Å². The Morgan fingerprint density at radius 2 is 1.93 bits per heavy atom. The van der Waals surface area contributed by atoms with E-state index in [2.05, 4.69) is 15.9 Å². The summed E-state index contributed by atoms with van der Waals surface area (Å²) in [5, 5.41) is 0. The first kappa shape index (κ1) is 10.6. The maximum atomic E-state index is 6.01. The van der Waals surface area contributed by atoms with E-state index in [4.69, 9.17) is 4.74 Å². The molecule has 1 heterocycles. The van der Waals surface area contributed by atoms with Crippen LogP contribution < -0.4 is 0 Å². The molecule has 0 aromatic heterocycles. The van der Waals surface area contributed by atoms with Gasteiger partial charge in [-0.1, -0.05) is 15.9 Å². The van der Waals surface area contributed by atoms with Crippen LogP contribution in [0.5, 0.6) is 0 Å². The number of ether oxygens (including phenoxy) is 1. The van der Waals surface area contributed by atoms with Crippen molar-refractivity contribution in [2.24, 2.45) is 11.8 Å². The lowest BCUT2D eigenvalue weighted by Gasteiger charge is -2.48. The largest absolute Gasteiger partial charge is 0.375 e. The van der Waals surface area contributed by atoms with Crippen LogP contribution in [0.3, 0.4) is 0 Å². The van der Waals surface area contributed by atoms with Crippen molar-refractivity contribution in [3.8, 4) is 0 Å². The summed E-state index contributed by atoms with van der Waals surface area (Å²) >= 11 is 3.77. The van der Waals surface area contributed by atoms with Gasteiger partial charge in [0.25, 0.3) is 0 Å². The predicted octanol–water partition coefficient (Wildman–Crippen LogP) is 3.90. The fraction of sp³-hybridized carbons (Fsp3) is 1.00. The molecule has 3 aliphatic rings. The van der Waals surface area contributed by atoms with Gasteiger partial charge in [0.15, 0.2) is 0 Å². The Kier molecular flexibility index (Phi) is 2.84. The summed E-state index contributed by atoms with van der Waals surface area (Å²) in [5.74, 6) is 1.97. The van der Waals surface area contributed by atoms with E-state index >= 15 is 0 Å². The van der Waals surface area contributed by atoms with Crippen LogP contribution in [-0.2, 0) is 4.74 Å². The van der Waals surface area contributed by atoms with Gasteiger partial charge in [0.05, 0.1) is 5.60 Å². The van der Waals surface area contributed by atoms with Crippen LogP contribution in [0, 0.1) is 11.8 Å². The second kappa shape index (κ2) is 4.03. The third-order valence-electron chi connectivity index (χ3n) is 4.87. The zero-order chi connectivity index (χ0) is 10.3. The van der Waals surface area contributed by atoms with Gasteiger partial charge in [-0.3, -0.25) is 0 Å². The lowest BCUT2D eigenvalue weighted by Crippen LogP contribution is -2.46. The molecule has 2 saturated carbocycles. The molecule has 0 radical (unpaired) electrons. The van der Waals surface area contributed by atoms with Crippen LogP contribution >= 0.6 is 15.9 Å². The molecule has 0 aromatic carbocycles. The zero-order valence-corrected chi connectivity index (χ0v) is 11.0. The Morgan fingerprint density at radius 3 is 2.53 bits per heavy atom. The fourth-order valence-electron chi connectivity index (χ4n) is 3.77. The van der Waals surface area contributed by atoms with Gasteiger partial charge in [-0.05, 0) is 63.2 Å². The molecule has 1 aliphatic heterocycles. The Hall–Kier alpha value is 0.440. The minimum Gasteiger partial charge on any atom is -0.375 e. The van der Waals surface area contributed by atoms with Crippen LogP contribution in [0.15, 0.2) is 0 Å². The monoisotopic (exact) mass is 272 g/mol. The number of alkyl halides is 1. The Morgan fingerprint density at radius 1 is 1.07 bits per heavy atom. The molecule has 1 nitrogen and oxygen atoms in total. The smallest absolute Gasteiger partial charge is 0.0685 e. The molecule has 86 valence electrons. The highest BCUT2D eigenvalue weighted by molar-refractivity contribution is 9.09. The third kappa shape index (κ3) is 2.00. The summed E-state index contributed by atoms with van der Waals surface area (Å²) < 4.78 is 6.01. The SMILES string of the molecule is BrC1CCC(C2CCOC3(CCC3)C2)C1. The minimum absolute atomic E-state index is 0.354. The van der Waals surface area contributed by atoms with Gasteiger partial charge in [0, 0.05) is 11.4 Å². The summed E-state index contributed by atoms with van der Waals surface area (Å²) in [6, 6.07) is 0. The standard InChI is InChI=1S/C13H21BrO/c14-12-3-2-10(8-12)11-4-7-15-13(9-11)5-1-6-13/h10-12H,1-9H2. The van der Waals surface area contributed by atoms with Crippen LogP contribution in [0.25, 0.3) is 0 Å². The van der Waals surface area contributed by atoms with Crippen molar-refractivity contribution in [2.45, 2.75) is 61.8 Å². The van der Waals surface area contributed by atoms with Gasteiger partial charge in [0.2, 0.25) is 0 Å². The second-order valence-electron chi connectivity index (χ2n) is 5.81. The Bertz CT molecular complexity index is 237. The average Bonchev–Trinajstić information content (AvgIpc) is 2.63. The maximum Gasteiger partial charge on any atom is 0.0685 e. The van der Waals surface area contributed by atoms with E-state index in [1.165, 1.54) is 51.4 Å². The van der Waals surface area contributed by atoms with E-state index in [-0.39, 0.29) is 0 Å². The first-order valence-corrected chi connectivity index (χ1v) is 7.47. The minimum atomic E-state index is 0.354. The quantitative estimate of drug-likeness (QED) is 0.658. The highest BCUT2D eigenvalue weighted by Crippen LogP contribution is 2.49. The van der Waals surface area contributed by atoms with Crippen molar-refractivity contribution < 1.29 is 4.74 Å². The normalized spacial score (nSPS) is 44.2. The van der Waals surface area contributed by atoms with Crippen LogP contribution in [0.4, 0.5) is 0 Å². The molecular weight excluding hydrogens is 252 g/mol. The molecule has 3 atom stereocenters. The van der Waals surface area contributed by atoms with Crippen LogP contribution in [-0.4, -0.2) is 17.0 Å². The molecule has 3 rings (SSSR count). The van der Waals surface area contributed by atoms with Crippen LogP contribution in [0.1, 0.15) is 51.4 Å². The summed E-state index contributed by atoms with van der Waals surface area (Å²) in [6.45, 7) is 1.04. The number of rotatable bonds is 1. The molecule has 1 saturated heterocycles. The van der Waals surface area contributed by atoms with Crippen LogP contribution in [0.2, 0.25) is 0 Å². The van der Waals surface area contributed by atoms with Gasteiger partial charge in [0.1, 0.15) is 0 Å². The zero-order valence-electron chi connectivity index (χ0n) is 9.38. The van der Waals surface area contributed by atoms with E-state index in [1.54, 1.807) is 0 Å². The second-order valence-corrected chi connectivity index (χ2v) is 7.10. The van der Waals surface area contributed by atoms with Crippen molar-refractivity contribution in [1.29, 1.82) is 0 Å². The van der Waals surface area contributed by atoms with Crippen molar-refractivity contribution >= 4 is 15.9 Å². The highest BCUT2D eigenvalue weighted by Gasteiger charge is 2.45. The van der Waals surface area contributed by atoms with E-state index in [9.17, 15) is 0 Å². The summed E-state index contributed by atoms with van der Waals surface area (Å²) in [6.07, 6.45) is 11.1. The van der Waals surface area contributed by atoms with Gasteiger partial charge < -0.3 is 4.74 Å². The molecule has 1 spiro atoms. The van der Waals surface area contributed by atoms with Gasteiger partial charge >= 0.3 is 0 Å². The van der Waals surface area contributed by atoms with Crippen molar-refractivity contribution in [1.82, 2.24) is 0 Å². The molecule has 3 unspecified atom stereocenters. The summed E-state index contributed by atoms with van der Waals surface area (Å²) in [7, 11) is 0. The number of halogens is 1. The number of hydrogen-bond donors (Lipinski definition) is 0. The molecular formula is C13H21BrO. The lowest BCUT2D eigenvalue weighted by molar-refractivity contribution is -0.149. The molecule has 0 aromatic rings. The molecule has 15 heavy (non-hydrogen) atoms. The number of hydrogen-bond acceptors (Lipinski definition) is 1. The van der Waals surface area contributed by atoms with Gasteiger partial charge in [-0.15, -0.1) is 0 Å². The fourth-order valence-corrected chi connectivity index (χ4v) is 4.52. The topological polar surface area (TPSA) is 9.23 Å². The summed E-state index contributed by atoms with van der Waals surface area (Å²) in [5.41, 5.74) is 0.354. The average molecular weight is 273 g/mol. The van der Waals surface area contributed by atoms with E-state index < -0.39 is 0 Å². The first-order chi connectivity index (χ1) is 7.27. The van der Waals surface area contributed by atoms with Crippen molar-refractivity contribution in [2.75, 3.05) is 6.61 Å². The third-order valence-corrected chi connectivity index (χ3v) is 5.70. The Balaban J connectivity index is 1.61. The summed E-state index contributed by atoms with van der Waals surface area (Å²) in [4.78, 5) is 0.808. The Labute approximate surface area is 101 Å². The molecule has 2 aliphatic carbocycles. The molecule has 0 amide bonds. The molecule has 0 bridgehead atoms. The van der Waals surface area contributed by atoms with Gasteiger partial charge in [-0.2, -0.15) is 0 Å². The van der Waals surface area contributed by atoms with E-state index in [0.29, 0.717) is 5.60 Å².